The molecular formula is C20H24N4O3S. The fourth-order valence-corrected chi connectivity index (χ4v) is 3.40. The lowest BCUT2D eigenvalue weighted by Crippen LogP contribution is -2.31. The molecule has 2 aromatic rings. The third kappa shape index (κ3) is 5.70. The molecule has 0 aliphatic rings. The Morgan fingerprint density at radius 3 is 2.64 bits per heavy atom. The summed E-state index contributed by atoms with van der Waals surface area (Å²) in [6, 6.07) is 7.25. The van der Waals surface area contributed by atoms with Crippen molar-refractivity contribution in [2.24, 2.45) is 0 Å². The molecule has 0 atom stereocenters. The van der Waals surface area contributed by atoms with Crippen molar-refractivity contribution in [2.45, 2.75) is 33.7 Å². The largest absolute Gasteiger partial charge is 0.355 e. The highest BCUT2D eigenvalue weighted by molar-refractivity contribution is 7.07. The third-order valence-electron chi connectivity index (χ3n) is 3.74. The number of nitrogens with zero attached hydrogens (tertiary/aromatic N) is 1. The zero-order valence-electron chi connectivity index (χ0n) is 16.2. The summed E-state index contributed by atoms with van der Waals surface area (Å²) >= 11 is 1.21. The Labute approximate surface area is 167 Å². The minimum Gasteiger partial charge on any atom is -0.355 e. The maximum absolute atomic E-state index is 12.5. The number of benzene rings is 1. The molecule has 28 heavy (non-hydrogen) atoms. The van der Waals surface area contributed by atoms with E-state index in [1.807, 2.05) is 26.0 Å². The van der Waals surface area contributed by atoms with Crippen LogP contribution in [0.1, 0.15) is 27.2 Å². The average molecular weight is 401 g/mol. The normalized spacial score (nSPS) is 10.9. The molecule has 1 aromatic carbocycles. The maximum Gasteiger partial charge on any atom is 0.277 e. The lowest BCUT2D eigenvalue weighted by Gasteiger charge is -2.05. The van der Waals surface area contributed by atoms with E-state index in [1.54, 1.807) is 25.3 Å². The van der Waals surface area contributed by atoms with Crippen LogP contribution < -0.4 is 30.7 Å². The van der Waals surface area contributed by atoms with Crippen molar-refractivity contribution in [1.29, 1.82) is 0 Å². The van der Waals surface area contributed by atoms with Gasteiger partial charge in [-0.1, -0.05) is 18.7 Å². The van der Waals surface area contributed by atoms with Crippen molar-refractivity contribution < 1.29 is 9.59 Å². The first kappa shape index (κ1) is 21.2. The van der Waals surface area contributed by atoms with Gasteiger partial charge >= 0.3 is 0 Å². The summed E-state index contributed by atoms with van der Waals surface area (Å²) in [5, 5.41) is 8.52. The first-order chi connectivity index (χ1) is 13.5. The molecule has 0 aliphatic carbocycles. The average Bonchev–Trinajstić information content (AvgIpc) is 2.96. The predicted molar refractivity (Wildman–Crippen MR) is 114 cm³/mol. The van der Waals surface area contributed by atoms with Crippen LogP contribution >= 0.6 is 11.3 Å². The van der Waals surface area contributed by atoms with Crippen molar-refractivity contribution in [3.63, 3.8) is 0 Å². The molecule has 0 saturated heterocycles. The minimum absolute atomic E-state index is 0.0613. The molecule has 0 bridgehead atoms. The molecular weight excluding hydrogens is 376 g/mol. The molecule has 3 N–H and O–H groups in total. The number of aromatic nitrogens is 1. The topological polar surface area (TPSA) is 92.2 Å². The Kier molecular flexibility index (Phi) is 7.80. The van der Waals surface area contributed by atoms with E-state index in [2.05, 4.69) is 21.7 Å². The molecule has 0 aliphatic heterocycles. The fourth-order valence-electron chi connectivity index (χ4n) is 2.38. The van der Waals surface area contributed by atoms with Gasteiger partial charge in [-0.25, -0.2) is 0 Å². The first-order valence-corrected chi connectivity index (χ1v) is 9.91. The van der Waals surface area contributed by atoms with Gasteiger partial charge < -0.3 is 16.0 Å². The highest BCUT2D eigenvalue weighted by atomic mass is 32.1. The van der Waals surface area contributed by atoms with Crippen LogP contribution in [0.5, 0.6) is 0 Å². The lowest BCUT2D eigenvalue weighted by molar-refractivity contribution is -0.116. The summed E-state index contributed by atoms with van der Waals surface area (Å²) in [4.78, 5) is 35.7. The monoisotopic (exact) mass is 400 g/mol. The molecule has 0 fully saturated rings. The zero-order chi connectivity index (χ0) is 20.5. The minimum atomic E-state index is -0.231. The highest BCUT2D eigenvalue weighted by Crippen LogP contribution is 2.15. The number of anilines is 2. The number of carbonyl (C=O) groups is 2. The molecule has 2 amide bonds. The molecule has 2 rings (SSSR count). The summed E-state index contributed by atoms with van der Waals surface area (Å²) in [5.74, 6) is -0.292. The summed E-state index contributed by atoms with van der Waals surface area (Å²) in [7, 11) is 0. The highest BCUT2D eigenvalue weighted by Gasteiger charge is 2.04. The van der Waals surface area contributed by atoms with E-state index < -0.39 is 0 Å². The van der Waals surface area contributed by atoms with Crippen LogP contribution in [-0.4, -0.2) is 22.9 Å². The number of hydrogen-bond donors (Lipinski definition) is 3. The van der Waals surface area contributed by atoms with E-state index in [-0.39, 0.29) is 17.4 Å². The van der Waals surface area contributed by atoms with Gasteiger partial charge in [-0.3, -0.25) is 19.0 Å². The second kappa shape index (κ2) is 10.3. The van der Waals surface area contributed by atoms with Gasteiger partial charge in [0, 0.05) is 43.2 Å². The molecule has 148 valence electrons. The van der Waals surface area contributed by atoms with Gasteiger partial charge in [0.2, 0.25) is 11.8 Å². The van der Waals surface area contributed by atoms with Crippen molar-refractivity contribution in [3.8, 4) is 0 Å². The number of carbonyl (C=O) groups excluding carboxylic acids is 2. The standard InChI is InChI=1S/C20H24N4O3S/c1-4-17(25)23-15-9-7-8-14(12-15)22-11-10-16-20(27)24(6-3)19(28-16)13-18(26)21-5-2/h7-9,11-13,22H,4-6H2,1-3H3,(H,21,26)(H,23,25)/b19-13-. The summed E-state index contributed by atoms with van der Waals surface area (Å²) < 4.78 is 2.52. The van der Waals surface area contributed by atoms with E-state index in [1.165, 1.54) is 22.0 Å². The van der Waals surface area contributed by atoms with Crippen molar-refractivity contribution >= 4 is 46.3 Å². The number of nitrogens with one attached hydrogen (secondary N) is 3. The summed E-state index contributed by atoms with van der Waals surface area (Å²) in [6.07, 6.45) is 3.38. The van der Waals surface area contributed by atoms with E-state index in [4.69, 9.17) is 0 Å². The van der Waals surface area contributed by atoms with E-state index in [0.717, 1.165) is 5.69 Å². The van der Waals surface area contributed by atoms with Crippen LogP contribution in [0, 0.1) is 0 Å². The Morgan fingerprint density at radius 2 is 1.96 bits per heavy atom. The molecule has 0 saturated carbocycles. The van der Waals surface area contributed by atoms with Gasteiger partial charge in [0.05, 0.1) is 0 Å². The van der Waals surface area contributed by atoms with Crippen LogP contribution in [0.25, 0.3) is 11.8 Å². The second-order valence-electron chi connectivity index (χ2n) is 5.77. The maximum atomic E-state index is 12.5. The van der Waals surface area contributed by atoms with Crippen molar-refractivity contribution in [3.05, 3.63) is 50.0 Å². The van der Waals surface area contributed by atoms with E-state index in [0.29, 0.717) is 34.4 Å². The number of amides is 2. The van der Waals surface area contributed by atoms with Gasteiger partial charge in [0.15, 0.2) is 0 Å². The van der Waals surface area contributed by atoms with Crippen LogP contribution in [-0.2, 0) is 16.1 Å². The lowest BCUT2D eigenvalue weighted by atomic mass is 10.2. The zero-order valence-corrected chi connectivity index (χ0v) is 17.0. The third-order valence-corrected chi connectivity index (χ3v) is 4.79. The number of rotatable bonds is 7. The first-order valence-electron chi connectivity index (χ1n) is 9.09. The van der Waals surface area contributed by atoms with Crippen molar-refractivity contribution in [1.82, 2.24) is 9.88 Å². The van der Waals surface area contributed by atoms with Gasteiger partial charge in [0.25, 0.3) is 5.56 Å². The summed E-state index contributed by atoms with van der Waals surface area (Å²) in [5.41, 5.74) is 4.19. The quantitative estimate of drug-likeness (QED) is 0.651. The molecule has 8 heteroatoms. The molecule has 1 heterocycles. The second-order valence-corrected chi connectivity index (χ2v) is 6.80. The van der Waals surface area contributed by atoms with Gasteiger partial charge in [-0.05, 0) is 32.0 Å². The van der Waals surface area contributed by atoms with Crippen molar-refractivity contribution in [2.75, 3.05) is 17.2 Å². The van der Waals surface area contributed by atoms with Crippen LogP contribution in [0.2, 0.25) is 0 Å². The van der Waals surface area contributed by atoms with Crippen LogP contribution in [0.4, 0.5) is 11.4 Å². The molecule has 0 unspecified atom stereocenters. The number of thiazole rings is 1. The van der Waals surface area contributed by atoms with Gasteiger partial charge in [-0.15, -0.1) is 11.3 Å². The van der Waals surface area contributed by atoms with Gasteiger partial charge in [-0.2, -0.15) is 0 Å². The molecule has 0 spiro atoms. The number of hydrogen-bond acceptors (Lipinski definition) is 5. The fraction of sp³-hybridized carbons (Fsp3) is 0.300. The molecule has 1 aromatic heterocycles. The molecule has 7 nitrogen and oxygen atoms in total. The van der Waals surface area contributed by atoms with Gasteiger partial charge in [0.1, 0.15) is 9.20 Å². The Hall–Kier alpha value is -3.09. The smallest absolute Gasteiger partial charge is 0.277 e. The van der Waals surface area contributed by atoms with Crippen LogP contribution in [0.3, 0.4) is 0 Å². The SMILES string of the molecule is CCNC(=O)/C=c1\sc(=C=CNc2cccc(NC(=O)CC)c2)c(=O)n1CC. The predicted octanol–water partition coefficient (Wildman–Crippen LogP) is 1.20. The van der Waals surface area contributed by atoms with Crippen LogP contribution in [0.15, 0.2) is 35.3 Å². The Balaban J connectivity index is 2.31. The van der Waals surface area contributed by atoms with E-state index >= 15 is 0 Å². The summed E-state index contributed by atoms with van der Waals surface area (Å²) in [6.45, 7) is 6.47. The Morgan fingerprint density at radius 1 is 1.21 bits per heavy atom. The molecule has 0 radical (unpaired) electrons. The van der Waals surface area contributed by atoms with E-state index in [9.17, 15) is 14.4 Å². The Bertz CT molecular complexity index is 1060.